The predicted molar refractivity (Wildman–Crippen MR) is 97.1 cm³/mol. The van der Waals surface area contributed by atoms with Crippen LogP contribution in [0.2, 0.25) is 0 Å². The fraction of sp³-hybridized carbons (Fsp3) is 0.611. The van der Waals surface area contributed by atoms with Crippen molar-refractivity contribution in [2.75, 3.05) is 31.6 Å². The smallest absolute Gasteiger partial charge is 0.238 e. The normalized spacial score (nSPS) is 17.9. The molecule has 0 spiro atoms. The van der Waals surface area contributed by atoms with Crippen LogP contribution in [0.5, 0.6) is 5.75 Å². The zero-order chi connectivity index (χ0) is 16.1. The van der Waals surface area contributed by atoms with Gasteiger partial charge in [-0.25, -0.2) is 0 Å². The molecule has 24 heavy (non-hydrogen) atoms. The largest absolute Gasteiger partial charge is 0.490 e. The van der Waals surface area contributed by atoms with Crippen molar-refractivity contribution >= 4 is 24.0 Å². The van der Waals surface area contributed by atoms with E-state index in [0.29, 0.717) is 6.54 Å². The topological polar surface area (TPSA) is 59.6 Å². The van der Waals surface area contributed by atoms with Crippen molar-refractivity contribution in [3.05, 3.63) is 23.8 Å². The molecule has 1 saturated carbocycles. The van der Waals surface area contributed by atoms with Crippen LogP contribution in [-0.2, 0) is 9.53 Å². The first-order chi connectivity index (χ1) is 11.2. The standard InChI is InChI=1S/C18H26N2O3.ClH/c1-13-10-15(20-18(21)12-19-11-14-2-3-14)4-5-17(13)23-16-6-8-22-9-7-16;/h4-5,10,14,16,19H,2-3,6-9,11-12H2,1H3,(H,20,21);1H. The number of aryl methyl sites for hydroxylation is 1. The van der Waals surface area contributed by atoms with Crippen LogP contribution in [0.4, 0.5) is 5.69 Å². The summed E-state index contributed by atoms with van der Waals surface area (Å²) in [5, 5.41) is 6.13. The first-order valence-corrected chi connectivity index (χ1v) is 8.56. The molecule has 134 valence electrons. The van der Waals surface area contributed by atoms with Gasteiger partial charge < -0.3 is 20.1 Å². The number of carbonyl (C=O) groups is 1. The van der Waals surface area contributed by atoms with Gasteiger partial charge in [0.15, 0.2) is 0 Å². The molecule has 0 unspecified atom stereocenters. The Morgan fingerprint density at radius 3 is 2.67 bits per heavy atom. The van der Waals surface area contributed by atoms with Gasteiger partial charge in [-0.05, 0) is 56.0 Å². The molecule has 1 aliphatic heterocycles. The summed E-state index contributed by atoms with van der Waals surface area (Å²) >= 11 is 0. The second kappa shape index (κ2) is 9.25. The van der Waals surface area contributed by atoms with Crippen LogP contribution in [0.25, 0.3) is 0 Å². The van der Waals surface area contributed by atoms with Gasteiger partial charge in [0.2, 0.25) is 5.91 Å². The maximum absolute atomic E-state index is 11.9. The number of rotatable bonds is 7. The van der Waals surface area contributed by atoms with E-state index in [1.165, 1.54) is 12.8 Å². The molecule has 2 fully saturated rings. The highest BCUT2D eigenvalue weighted by molar-refractivity contribution is 5.92. The van der Waals surface area contributed by atoms with Crippen molar-refractivity contribution in [1.29, 1.82) is 0 Å². The highest BCUT2D eigenvalue weighted by atomic mass is 35.5. The fourth-order valence-electron chi connectivity index (χ4n) is 2.75. The molecule has 2 N–H and O–H groups in total. The van der Waals surface area contributed by atoms with Gasteiger partial charge in [0, 0.05) is 18.5 Å². The number of nitrogens with one attached hydrogen (secondary N) is 2. The van der Waals surface area contributed by atoms with Crippen LogP contribution < -0.4 is 15.4 Å². The van der Waals surface area contributed by atoms with Gasteiger partial charge in [-0.2, -0.15) is 0 Å². The zero-order valence-corrected chi connectivity index (χ0v) is 15.0. The Balaban J connectivity index is 0.00000208. The molecule has 0 bridgehead atoms. The number of anilines is 1. The predicted octanol–water partition coefficient (Wildman–Crippen LogP) is 2.91. The van der Waals surface area contributed by atoms with Crippen molar-refractivity contribution < 1.29 is 14.3 Å². The lowest BCUT2D eigenvalue weighted by Gasteiger charge is -2.24. The van der Waals surface area contributed by atoms with E-state index < -0.39 is 0 Å². The molecule has 1 aromatic carbocycles. The molecule has 0 aromatic heterocycles. The first-order valence-electron chi connectivity index (χ1n) is 8.56. The molecule has 1 aliphatic carbocycles. The number of amides is 1. The lowest BCUT2D eigenvalue weighted by atomic mass is 10.1. The minimum atomic E-state index is 0. The molecule has 1 heterocycles. The highest BCUT2D eigenvalue weighted by Gasteiger charge is 2.20. The van der Waals surface area contributed by atoms with E-state index in [2.05, 4.69) is 10.6 Å². The third kappa shape index (κ3) is 5.96. The minimum absolute atomic E-state index is 0. The maximum atomic E-state index is 11.9. The molecule has 0 atom stereocenters. The number of carbonyl (C=O) groups excluding carboxylic acids is 1. The molecule has 1 amide bonds. The number of hydrogen-bond acceptors (Lipinski definition) is 4. The maximum Gasteiger partial charge on any atom is 0.238 e. The van der Waals surface area contributed by atoms with Crippen molar-refractivity contribution in [3.8, 4) is 5.75 Å². The summed E-state index contributed by atoms with van der Waals surface area (Å²) < 4.78 is 11.4. The van der Waals surface area contributed by atoms with Gasteiger partial charge in [-0.1, -0.05) is 0 Å². The van der Waals surface area contributed by atoms with Crippen molar-refractivity contribution in [3.63, 3.8) is 0 Å². The molecule has 6 heteroatoms. The van der Waals surface area contributed by atoms with Crippen molar-refractivity contribution in [2.45, 2.75) is 38.7 Å². The third-order valence-electron chi connectivity index (χ3n) is 4.34. The second-order valence-corrected chi connectivity index (χ2v) is 6.53. The monoisotopic (exact) mass is 354 g/mol. The Kier molecular flexibility index (Phi) is 7.34. The highest BCUT2D eigenvalue weighted by Crippen LogP contribution is 2.27. The Morgan fingerprint density at radius 1 is 1.25 bits per heavy atom. The van der Waals surface area contributed by atoms with Crippen molar-refractivity contribution in [1.82, 2.24) is 5.32 Å². The Morgan fingerprint density at radius 2 is 2.00 bits per heavy atom. The van der Waals surface area contributed by atoms with Crippen LogP contribution in [0.3, 0.4) is 0 Å². The van der Waals surface area contributed by atoms with E-state index in [-0.39, 0.29) is 24.4 Å². The van der Waals surface area contributed by atoms with Crippen LogP contribution in [-0.4, -0.2) is 38.3 Å². The van der Waals surface area contributed by atoms with Gasteiger partial charge in [0.25, 0.3) is 0 Å². The number of benzene rings is 1. The quantitative estimate of drug-likeness (QED) is 0.790. The summed E-state index contributed by atoms with van der Waals surface area (Å²) in [5.74, 6) is 1.68. The van der Waals surface area contributed by atoms with Crippen LogP contribution in [0, 0.1) is 12.8 Å². The second-order valence-electron chi connectivity index (χ2n) is 6.53. The van der Waals surface area contributed by atoms with E-state index in [4.69, 9.17) is 9.47 Å². The zero-order valence-electron chi connectivity index (χ0n) is 14.2. The van der Waals surface area contributed by atoms with Gasteiger partial charge >= 0.3 is 0 Å². The van der Waals surface area contributed by atoms with Crippen LogP contribution >= 0.6 is 12.4 Å². The van der Waals surface area contributed by atoms with E-state index in [1.807, 2.05) is 25.1 Å². The summed E-state index contributed by atoms with van der Waals surface area (Å²) in [5.41, 5.74) is 1.86. The summed E-state index contributed by atoms with van der Waals surface area (Å²) in [6.45, 7) is 4.87. The molecule has 1 aromatic rings. The van der Waals surface area contributed by atoms with E-state index >= 15 is 0 Å². The summed E-state index contributed by atoms with van der Waals surface area (Å²) in [6, 6.07) is 5.81. The van der Waals surface area contributed by atoms with Crippen LogP contribution in [0.15, 0.2) is 18.2 Å². The first kappa shape index (κ1) is 19.0. The Hall–Kier alpha value is -1.30. The third-order valence-corrected chi connectivity index (χ3v) is 4.34. The van der Waals surface area contributed by atoms with Gasteiger partial charge in [0.1, 0.15) is 11.9 Å². The average molecular weight is 355 g/mol. The molecule has 0 radical (unpaired) electrons. The Labute approximate surface area is 149 Å². The lowest BCUT2D eigenvalue weighted by Crippen LogP contribution is -2.29. The van der Waals surface area contributed by atoms with E-state index in [9.17, 15) is 4.79 Å². The molecule has 2 aliphatic rings. The number of halogens is 1. The molecule has 1 saturated heterocycles. The number of ether oxygens (including phenoxy) is 2. The molecule has 5 nitrogen and oxygen atoms in total. The Bertz CT molecular complexity index is 543. The van der Waals surface area contributed by atoms with Gasteiger partial charge in [-0.15, -0.1) is 12.4 Å². The summed E-state index contributed by atoms with van der Waals surface area (Å²) in [7, 11) is 0. The molecular weight excluding hydrogens is 328 g/mol. The number of hydrogen-bond donors (Lipinski definition) is 2. The summed E-state index contributed by atoms with van der Waals surface area (Å²) in [6.07, 6.45) is 4.69. The van der Waals surface area contributed by atoms with E-state index in [0.717, 1.165) is 55.5 Å². The SMILES string of the molecule is Cc1cc(NC(=O)CNCC2CC2)ccc1OC1CCOCC1.Cl. The van der Waals surface area contributed by atoms with E-state index in [1.54, 1.807) is 0 Å². The average Bonchev–Trinajstić information content (AvgIpc) is 3.35. The van der Waals surface area contributed by atoms with Gasteiger partial charge in [-0.3, -0.25) is 4.79 Å². The molecular formula is C18H27ClN2O3. The lowest BCUT2D eigenvalue weighted by molar-refractivity contribution is -0.115. The minimum Gasteiger partial charge on any atom is -0.490 e. The fourth-order valence-corrected chi connectivity index (χ4v) is 2.75. The van der Waals surface area contributed by atoms with Crippen LogP contribution in [0.1, 0.15) is 31.2 Å². The summed E-state index contributed by atoms with van der Waals surface area (Å²) in [4.78, 5) is 11.9. The van der Waals surface area contributed by atoms with Gasteiger partial charge in [0.05, 0.1) is 19.8 Å². The molecule has 3 rings (SSSR count). The van der Waals surface area contributed by atoms with Crippen molar-refractivity contribution in [2.24, 2.45) is 5.92 Å².